The molecule has 25 heavy (non-hydrogen) atoms. The van der Waals surface area contributed by atoms with Crippen molar-refractivity contribution in [2.75, 3.05) is 52.4 Å². The smallest absolute Gasteiger partial charge is 0.357 e. The molecule has 0 saturated carbocycles. The Bertz CT molecular complexity index is 427. The van der Waals surface area contributed by atoms with Gasteiger partial charge in [-0.05, 0) is 38.6 Å². The number of nitrogens with zero attached hydrogens (tertiary/aromatic N) is 3. The minimum Gasteiger partial charge on any atom is -0.357 e. The van der Waals surface area contributed by atoms with Crippen LogP contribution in [0.3, 0.4) is 0 Å². The second kappa shape index (κ2) is 9.62. The minimum absolute atomic E-state index is 0.0233. The Kier molecular flexibility index (Phi) is 7.81. The van der Waals surface area contributed by atoms with Crippen LogP contribution in [-0.2, 0) is 0 Å². The fourth-order valence-corrected chi connectivity index (χ4v) is 3.65. The summed E-state index contributed by atoms with van der Waals surface area (Å²) in [5.74, 6) is 1.47. The molecule has 2 aliphatic heterocycles. The van der Waals surface area contributed by atoms with E-state index in [-0.39, 0.29) is 6.04 Å². The van der Waals surface area contributed by atoms with Crippen molar-refractivity contribution in [1.82, 2.24) is 20.4 Å². The van der Waals surface area contributed by atoms with Crippen molar-refractivity contribution < 1.29 is 13.2 Å². The van der Waals surface area contributed by atoms with Crippen molar-refractivity contribution in [3.63, 3.8) is 0 Å². The van der Waals surface area contributed by atoms with E-state index in [9.17, 15) is 13.2 Å². The third-order valence-electron chi connectivity index (χ3n) is 4.79. The summed E-state index contributed by atoms with van der Waals surface area (Å²) in [6.45, 7) is 9.00. The highest BCUT2D eigenvalue weighted by molar-refractivity contribution is 5.80. The van der Waals surface area contributed by atoms with Crippen molar-refractivity contribution in [3.05, 3.63) is 0 Å². The van der Waals surface area contributed by atoms with Crippen LogP contribution in [0, 0.1) is 5.92 Å². The number of hydrogen-bond donors (Lipinski definition) is 2. The van der Waals surface area contributed by atoms with E-state index in [1.807, 2.05) is 6.92 Å². The van der Waals surface area contributed by atoms with E-state index < -0.39 is 12.7 Å². The third kappa shape index (κ3) is 7.81. The van der Waals surface area contributed by atoms with Gasteiger partial charge in [0.25, 0.3) is 0 Å². The van der Waals surface area contributed by atoms with Crippen LogP contribution in [0.2, 0.25) is 0 Å². The van der Waals surface area contributed by atoms with E-state index in [0.717, 1.165) is 32.1 Å². The number of nitrogens with one attached hydrogen (secondary N) is 2. The lowest BCUT2D eigenvalue weighted by molar-refractivity contribution is -0.143. The van der Waals surface area contributed by atoms with Crippen LogP contribution >= 0.6 is 0 Å². The first-order valence-electron chi connectivity index (χ1n) is 9.42. The van der Waals surface area contributed by atoms with Gasteiger partial charge in [0.1, 0.15) is 0 Å². The molecule has 0 aromatic carbocycles. The topological polar surface area (TPSA) is 42.9 Å². The molecule has 2 N–H and O–H groups in total. The summed E-state index contributed by atoms with van der Waals surface area (Å²) in [7, 11) is 0. The highest BCUT2D eigenvalue weighted by Crippen LogP contribution is 2.20. The summed E-state index contributed by atoms with van der Waals surface area (Å²) in [6.07, 6.45) is -0.858. The molecule has 2 fully saturated rings. The summed E-state index contributed by atoms with van der Waals surface area (Å²) in [5.41, 5.74) is 0. The molecule has 2 atom stereocenters. The van der Waals surface area contributed by atoms with Gasteiger partial charge in [0.2, 0.25) is 0 Å². The summed E-state index contributed by atoms with van der Waals surface area (Å²) in [5, 5.41) is 6.49. The van der Waals surface area contributed by atoms with Crippen LogP contribution in [0.5, 0.6) is 0 Å². The number of hydrogen-bond acceptors (Lipinski definition) is 3. The minimum atomic E-state index is -4.13. The van der Waals surface area contributed by atoms with Crippen LogP contribution in [0.25, 0.3) is 0 Å². The first-order chi connectivity index (χ1) is 11.9. The fraction of sp³-hybridized carbons (Fsp3) is 0.941. The van der Waals surface area contributed by atoms with Gasteiger partial charge in [0.05, 0.1) is 13.1 Å². The lowest BCUT2D eigenvalue weighted by Crippen LogP contribution is -2.45. The van der Waals surface area contributed by atoms with E-state index in [1.165, 1.54) is 17.7 Å². The first kappa shape index (κ1) is 20.3. The lowest BCUT2D eigenvalue weighted by Gasteiger charge is -2.30. The average molecular weight is 363 g/mol. The highest BCUT2D eigenvalue weighted by atomic mass is 19.4. The van der Waals surface area contributed by atoms with E-state index in [0.29, 0.717) is 32.0 Å². The second-order valence-corrected chi connectivity index (χ2v) is 7.29. The first-order valence-corrected chi connectivity index (χ1v) is 9.42. The predicted octanol–water partition coefficient (Wildman–Crippen LogP) is 1.91. The average Bonchev–Trinajstić information content (AvgIpc) is 2.92. The Morgan fingerprint density at radius 2 is 1.96 bits per heavy atom. The summed E-state index contributed by atoms with van der Waals surface area (Å²) in [6, 6.07) is 0.0233. The van der Waals surface area contributed by atoms with E-state index in [4.69, 9.17) is 0 Å². The molecule has 2 saturated heterocycles. The maximum Gasteiger partial charge on any atom is 0.401 e. The lowest BCUT2D eigenvalue weighted by atomic mass is 10.0. The third-order valence-corrected chi connectivity index (χ3v) is 4.79. The van der Waals surface area contributed by atoms with Gasteiger partial charge in [0, 0.05) is 38.8 Å². The molecule has 0 spiro atoms. The zero-order valence-electron chi connectivity index (χ0n) is 15.4. The van der Waals surface area contributed by atoms with E-state index in [2.05, 4.69) is 27.4 Å². The van der Waals surface area contributed by atoms with Crippen molar-refractivity contribution in [3.8, 4) is 0 Å². The van der Waals surface area contributed by atoms with Crippen LogP contribution in [-0.4, -0.2) is 80.3 Å². The molecule has 0 aliphatic carbocycles. The molecule has 0 aromatic heterocycles. The zero-order chi connectivity index (χ0) is 18.3. The molecular weight excluding hydrogens is 331 g/mol. The quantitative estimate of drug-likeness (QED) is 0.559. The molecule has 146 valence electrons. The van der Waals surface area contributed by atoms with Gasteiger partial charge in [0.15, 0.2) is 5.96 Å². The summed E-state index contributed by atoms with van der Waals surface area (Å²) >= 11 is 0. The molecule has 8 heteroatoms. The van der Waals surface area contributed by atoms with Gasteiger partial charge in [-0.25, -0.2) is 0 Å². The van der Waals surface area contributed by atoms with Crippen LogP contribution in [0.4, 0.5) is 13.2 Å². The Labute approximate surface area is 149 Å². The highest BCUT2D eigenvalue weighted by Gasteiger charge is 2.34. The molecule has 2 rings (SSSR count). The van der Waals surface area contributed by atoms with Gasteiger partial charge < -0.3 is 15.5 Å². The molecule has 0 amide bonds. The second-order valence-electron chi connectivity index (χ2n) is 7.29. The number of aliphatic imine (C=N–C) groups is 1. The van der Waals surface area contributed by atoms with Crippen molar-refractivity contribution >= 4 is 5.96 Å². The normalized spacial score (nSPS) is 26.8. The largest absolute Gasteiger partial charge is 0.401 e. The predicted molar refractivity (Wildman–Crippen MR) is 94.9 cm³/mol. The summed E-state index contributed by atoms with van der Waals surface area (Å²) in [4.78, 5) is 8.51. The van der Waals surface area contributed by atoms with E-state index in [1.54, 1.807) is 0 Å². The van der Waals surface area contributed by atoms with Crippen LogP contribution in [0.1, 0.15) is 33.1 Å². The maximum absolute atomic E-state index is 12.5. The molecule has 2 heterocycles. The molecule has 5 nitrogen and oxygen atoms in total. The molecular formula is C17H32F3N5. The van der Waals surface area contributed by atoms with Gasteiger partial charge in [-0.1, -0.05) is 6.92 Å². The van der Waals surface area contributed by atoms with Gasteiger partial charge >= 0.3 is 6.18 Å². The molecule has 0 radical (unpaired) electrons. The summed E-state index contributed by atoms with van der Waals surface area (Å²) < 4.78 is 37.5. The van der Waals surface area contributed by atoms with Crippen LogP contribution < -0.4 is 10.6 Å². The van der Waals surface area contributed by atoms with Gasteiger partial charge in [-0.3, -0.25) is 9.89 Å². The van der Waals surface area contributed by atoms with Crippen molar-refractivity contribution in [1.29, 1.82) is 0 Å². The Morgan fingerprint density at radius 1 is 1.16 bits per heavy atom. The zero-order valence-corrected chi connectivity index (χ0v) is 15.4. The fourth-order valence-electron chi connectivity index (χ4n) is 3.65. The SMILES string of the molecule is CCNC(=NCCN1CCCC(C)C1)NC1CCN(CC(F)(F)F)C1. The number of guanidine groups is 1. The monoisotopic (exact) mass is 363 g/mol. The van der Waals surface area contributed by atoms with E-state index >= 15 is 0 Å². The number of rotatable bonds is 6. The molecule has 0 aromatic rings. The Hall–Kier alpha value is -1.02. The Morgan fingerprint density at radius 3 is 2.64 bits per heavy atom. The van der Waals surface area contributed by atoms with Crippen molar-refractivity contribution in [2.45, 2.75) is 45.3 Å². The molecule has 0 bridgehead atoms. The number of piperidine rings is 1. The van der Waals surface area contributed by atoms with Crippen LogP contribution in [0.15, 0.2) is 4.99 Å². The maximum atomic E-state index is 12.5. The standard InChI is InChI=1S/C17H32F3N5/c1-3-21-16(22-7-10-24-8-4-5-14(2)11-24)23-15-6-9-25(12-15)13-17(18,19)20/h14-15H,3-13H2,1-2H3,(H2,21,22,23). The molecule has 2 unspecified atom stereocenters. The number of likely N-dealkylation sites (tertiary alicyclic amines) is 2. The number of alkyl halides is 3. The van der Waals surface area contributed by atoms with Crippen molar-refractivity contribution in [2.24, 2.45) is 10.9 Å². The van der Waals surface area contributed by atoms with Gasteiger partial charge in [-0.2, -0.15) is 13.2 Å². The Balaban J connectivity index is 1.76. The molecule has 2 aliphatic rings. The van der Waals surface area contributed by atoms with Gasteiger partial charge in [-0.15, -0.1) is 0 Å². The number of halogens is 3.